The van der Waals surface area contributed by atoms with E-state index in [1.807, 2.05) is 69.3 Å². The van der Waals surface area contributed by atoms with Crippen LogP contribution in [0, 0.1) is 0 Å². The maximum Gasteiger partial charge on any atom is 0.318 e. The molecule has 0 aliphatic carbocycles. The maximum absolute atomic E-state index is 12.7. The van der Waals surface area contributed by atoms with Crippen molar-refractivity contribution in [1.82, 2.24) is 10.2 Å². The second kappa shape index (κ2) is 10.7. The average Bonchev–Trinajstić information content (AvgIpc) is 2.69. The molecule has 6 nitrogen and oxygen atoms in total. The molecule has 0 aromatic heterocycles. The lowest BCUT2D eigenvalue weighted by molar-refractivity contribution is 0.185. The number of nitrogens with zero attached hydrogens (tertiary/aromatic N) is 1. The van der Waals surface area contributed by atoms with Gasteiger partial charge in [0.05, 0.1) is 7.11 Å². The van der Waals surface area contributed by atoms with Crippen molar-refractivity contribution in [2.24, 2.45) is 5.73 Å². The van der Waals surface area contributed by atoms with Crippen LogP contribution < -0.4 is 20.5 Å². The van der Waals surface area contributed by atoms with Crippen LogP contribution >= 0.6 is 0 Å². The summed E-state index contributed by atoms with van der Waals surface area (Å²) in [5.74, 6) is 1.32. The third-order valence-corrected chi connectivity index (χ3v) is 4.24. The quantitative estimate of drug-likeness (QED) is 0.670. The lowest BCUT2D eigenvalue weighted by atomic mass is 10.1. The first kappa shape index (κ1) is 22.6. The summed E-state index contributed by atoms with van der Waals surface area (Å²) in [5.41, 5.74) is 7.40. The van der Waals surface area contributed by atoms with Crippen molar-refractivity contribution < 1.29 is 14.3 Å². The first-order chi connectivity index (χ1) is 13.8. The van der Waals surface area contributed by atoms with Crippen molar-refractivity contribution in [1.29, 1.82) is 0 Å². The van der Waals surface area contributed by atoms with Crippen molar-refractivity contribution >= 4 is 6.03 Å². The lowest BCUT2D eigenvalue weighted by Crippen LogP contribution is -2.48. The zero-order valence-corrected chi connectivity index (χ0v) is 17.9. The molecule has 3 N–H and O–H groups in total. The summed E-state index contributed by atoms with van der Waals surface area (Å²) in [6.45, 7) is 7.96. The van der Waals surface area contributed by atoms with E-state index in [0.29, 0.717) is 37.7 Å². The molecule has 0 bridgehead atoms. The van der Waals surface area contributed by atoms with E-state index in [-0.39, 0.29) is 11.6 Å². The Labute approximate surface area is 174 Å². The molecule has 0 aliphatic heterocycles. The molecule has 2 aromatic carbocycles. The van der Waals surface area contributed by atoms with Gasteiger partial charge in [0, 0.05) is 18.6 Å². The van der Waals surface area contributed by atoms with Crippen molar-refractivity contribution in [2.45, 2.75) is 45.9 Å². The molecule has 0 fully saturated rings. The second-order valence-corrected chi connectivity index (χ2v) is 8.00. The van der Waals surface area contributed by atoms with E-state index in [0.717, 1.165) is 17.5 Å². The Morgan fingerprint density at radius 1 is 1.07 bits per heavy atom. The van der Waals surface area contributed by atoms with E-state index in [1.165, 1.54) is 0 Å². The van der Waals surface area contributed by atoms with Gasteiger partial charge in [-0.3, -0.25) is 0 Å². The van der Waals surface area contributed by atoms with Gasteiger partial charge in [-0.1, -0.05) is 36.4 Å². The number of amides is 2. The van der Waals surface area contributed by atoms with Crippen LogP contribution in [0.5, 0.6) is 11.5 Å². The number of nitrogens with two attached hydrogens (primary N) is 1. The maximum atomic E-state index is 12.7. The molecule has 2 amide bonds. The number of carbonyl (C=O) groups excluding carboxylic acids is 1. The molecule has 0 spiro atoms. The fraction of sp³-hybridized carbons (Fsp3) is 0.435. The molecule has 2 aromatic rings. The number of methoxy groups -OCH3 is 1. The van der Waals surface area contributed by atoms with Gasteiger partial charge in [0.2, 0.25) is 0 Å². The molecule has 0 aliphatic rings. The van der Waals surface area contributed by atoms with Gasteiger partial charge in [-0.15, -0.1) is 0 Å². The van der Waals surface area contributed by atoms with Gasteiger partial charge < -0.3 is 25.4 Å². The van der Waals surface area contributed by atoms with Crippen LogP contribution in [0.15, 0.2) is 48.5 Å². The van der Waals surface area contributed by atoms with Crippen LogP contribution in [-0.2, 0) is 13.2 Å². The average molecular weight is 400 g/mol. The number of nitrogens with one attached hydrogen (secondary N) is 1. The highest BCUT2D eigenvalue weighted by Crippen LogP contribution is 2.29. The molecule has 0 unspecified atom stereocenters. The van der Waals surface area contributed by atoms with E-state index >= 15 is 0 Å². The number of hydrogen-bond donors (Lipinski definition) is 2. The summed E-state index contributed by atoms with van der Waals surface area (Å²) in [5, 5.41) is 3.02. The minimum atomic E-state index is -0.301. The summed E-state index contributed by atoms with van der Waals surface area (Å²) in [6, 6.07) is 15.6. The van der Waals surface area contributed by atoms with Crippen LogP contribution in [0.1, 0.15) is 38.3 Å². The normalized spacial score (nSPS) is 11.1. The van der Waals surface area contributed by atoms with Crippen molar-refractivity contribution in [3.63, 3.8) is 0 Å². The predicted octanol–water partition coefficient (Wildman–Crippen LogP) is 3.93. The lowest BCUT2D eigenvalue weighted by Gasteiger charge is -2.28. The molecule has 0 saturated heterocycles. The standard InChI is InChI=1S/C23H33N3O3/c1-23(2,3)25-22(27)26(14-8-13-24)16-19-11-12-20(21(15-19)28-4)29-17-18-9-6-5-7-10-18/h5-7,9-12,15H,8,13-14,16-17,24H2,1-4H3,(H,25,27). The van der Waals surface area contributed by atoms with Gasteiger partial charge in [-0.05, 0) is 57.0 Å². The van der Waals surface area contributed by atoms with E-state index in [9.17, 15) is 4.79 Å². The Morgan fingerprint density at radius 3 is 2.41 bits per heavy atom. The third-order valence-electron chi connectivity index (χ3n) is 4.24. The SMILES string of the molecule is COc1cc(CN(CCCN)C(=O)NC(C)(C)C)ccc1OCc1ccccc1. The van der Waals surface area contributed by atoms with Crippen molar-refractivity contribution in [2.75, 3.05) is 20.2 Å². The van der Waals surface area contributed by atoms with E-state index in [2.05, 4.69) is 5.32 Å². The van der Waals surface area contributed by atoms with Crippen LogP contribution in [0.25, 0.3) is 0 Å². The number of ether oxygens (including phenoxy) is 2. The van der Waals surface area contributed by atoms with Crippen molar-refractivity contribution in [3.8, 4) is 11.5 Å². The minimum absolute atomic E-state index is 0.102. The highest BCUT2D eigenvalue weighted by Gasteiger charge is 2.20. The molecule has 0 radical (unpaired) electrons. The van der Waals surface area contributed by atoms with Gasteiger partial charge in [-0.25, -0.2) is 4.79 Å². The Balaban J connectivity index is 2.10. The Morgan fingerprint density at radius 2 is 1.79 bits per heavy atom. The van der Waals surface area contributed by atoms with Crippen LogP contribution in [0.3, 0.4) is 0 Å². The molecule has 0 heterocycles. The summed E-state index contributed by atoms with van der Waals surface area (Å²) in [6.07, 6.45) is 0.743. The largest absolute Gasteiger partial charge is 0.493 e. The van der Waals surface area contributed by atoms with Gasteiger partial charge in [-0.2, -0.15) is 0 Å². The monoisotopic (exact) mass is 399 g/mol. The van der Waals surface area contributed by atoms with E-state index < -0.39 is 0 Å². The number of hydrogen-bond acceptors (Lipinski definition) is 4. The highest BCUT2D eigenvalue weighted by molar-refractivity contribution is 5.75. The Bertz CT molecular complexity index is 773. The van der Waals surface area contributed by atoms with Crippen LogP contribution in [0.4, 0.5) is 4.79 Å². The van der Waals surface area contributed by atoms with Gasteiger partial charge in [0.25, 0.3) is 0 Å². The van der Waals surface area contributed by atoms with E-state index in [4.69, 9.17) is 15.2 Å². The van der Waals surface area contributed by atoms with Crippen LogP contribution in [0.2, 0.25) is 0 Å². The number of carbonyl (C=O) groups is 1. The van der Waals surface area contributed by atoms with Gasteiger partial charge in [0.15, 0.2) is 11.5 Å². The molecule has 0 atom stereocenters. The number of benzene rings is 2. The Kier molecular flexibility index (Phi) is 8.34. The fourth-order valence-electron chi connectivity index (χ4n) is 2.82. The smallest absolute Gasteiger partial charge is 0.318 e. The molecular weight excluding hydrogens is 366 g/mol. The summed E-state index contributed by atoms with van der Waals surface area (Å²) < 4.78 is 11.4. The summed E-state index contributed by atoms with van der Waals surface area (Å²) in [7, 11) is 1.62. The zero-order valence-electron chi connectivity index (χ0n) is 17.9. The number of rotatable bonds is 9. The van der Waals surface area contributed by atoms with E-state index in [1.54, 1.807) is 12.0 Å². The molecular formula is C23H33N3O3. The number of urea groups is 1. The predicted molar refractivity (Wildman–Crippen MR) is 116 cm³/mol. The topological polar surface area (TPSA) is 76.8 Å². The minimum Gasteiger partial charge on any atom is -0.493 e. The van der Waals surface area contributed by atoms with Crippen LogP contribution in [-0.4, -0.2) is 36.7 Å². The molecule has 29 heavy (non-hydrogen) atoms. The summed E-state index contributed by atoms with van der Waals surface area (Å²) >= 11 is 0. The fourth-order valence-corrected chi connectivity index (χ4v) is 2.82. The summed E-state index contributed by atoms with van der Waals surface area (Å²) in [4.78, 5) is 14.4. The van der Waals surface area contributed by atoms with Gasteiger partial charge >= 0.3 is 6.03 Å². The highest BCUT2D eigenvalue weighted by atomic mass is 16.5. The van der Waals surface area contributed by atoms with Gasteiger partial charge in [0.1, 0.15) is 6.61 Å². The van der Waals surface area contributed by atoms with Crippen molar-refractivity contribution in [3.05, 3.63) is 59.7 Å². The third kappa shape index (κ3) is 7.66. The molecule has 6 heteroatoms. The first-order valence-electron chi connectivity index (χ1n) is 9.93. The first-order valence-corrected chi connectivity index (χ1v) is 9.93. The zero-order chi connectivity index (χ0) is 21.3. The Hall–Kier alpha value is -2.73. The molecule has 0 saturated carbocycles. The second-order valence-electron chi connectivity index (χ2n) is 8.00. The molecule has 158 valence electrons. The molecule has 2 rings (SSSR count).